The molecule has 0 radical (unpaired) electrons. The summed E-state index contributed by atoms with van der Waals surface area (Å²) in [6.45, 7) is 1.91. The number of nitrogens with zero attached hydrogens (tertiary/aromatic N) is 4. The van der Waals surface area contributed by atoms with Crippen molar-refractivity contribution in [2.75, 3.05) is 11.5 Å². The summed E-state index contributed by atoms with van der Waals surface area (Å²) < 4.78 is 0. The predicted octanol–water partition coefficient (Wildman–Crippen LogP) is 0.430. The van der Waals surface area contributed by atoms with Crippen molar-refractivity contribution in [2.24, 2.45) is 0 Å². The van der Waals surface area contributed by atoms with Crippen molar-refractivity contribution < 1.29 is 0 Å². The quantitative estimate of drug-likeness (QED) is 0.695. The van der Waals surface area contributed by atoms with Gasteiger partial charge in [-0.3, -0.25) is 0 Å². The van der Waals surface area contributed by atoms with Gasteiger partial charge in [0.2, 0.25) is 11.9 Å². The summed E-state index contributed by atoms with van der Waals surface area (Å²) in [4.78, 5) is 11.3. The van der Waals surface area contributed by atoms with E-state index in [1.807, 2.05) is 6.92 Å². The molecule has 4 N–H and O–H groups in total. The van der Waals surface area contributed by atoms with E-state index < -0.39 is 0 Å². The first-order valence-corrected chi connectivity index (χ1v) is 4.87. The number of nitriles is 1. The van der Waals surface area contributed by atoms with Crippen LogP contribution in [-0.4, -0.2) is 20.2 Å². The Kier molecular flexibility index (Phi) is 3.48. The molecule has 14 heavy (non-hydrogen) atoms. The highest BCUT2D eigenvalue weighted by Crippen LogP contribution is 2.21. The fourth-order valence-corrected chi connectivity index (χ4v) is 1.54. The van der Waals surface area contributed by atoms with E-state index in [1.54, 1.807) is 0 Å². The monoisotopic (exact) mass is 210 g/mol. The summed E-state index contributed by atoms with van der Waals surface area (Å²) in [5.74, 6) is 0.153. The third kappa shape index (κ3) is 2.74. The first-order valence-electron chi connectivity index (χ1n) is 3.99. The van der Waals surface area contributed by atoms with Crippen molar-refractivity contribution in [3.05, 3.63) is 0 Å². The lowest BCUT2D eigenvalue weighted by molar-refractivity contribution is 0.911. The average molecular weight is 210 g/mol. The zero-order chi connectivity index (χ0) is 10.6. The molecule has 6 nitrogen and oxygen atoms in total. The summed E-state index contributed by atoms with van der Waals surface area (Å²) in [7, 11) is 0. The standard InChI is InChI=1S/C7H10N6S/c1-2-4(3-8)14-7-12-5(9)11-6(10)13-7/h4H,2H2,1H3,(H4,9,10,11,12,13). The first-order chi connectivity index (χ1) is 6.65. The Bertz CT molecular complexity index is 339. The van der Waals surface area contributed by atoms with Gasteiger partial charge in [0, 0.05) is 0 Å². The van der Waals surface area contributed by atoms with Gasteiger partial charge in [-0.25, -0.2) is 0 Å². The Balaban J connectivity index is 2.82. The highest BCUT2D eigenvalue weighted by molar-refractivity contribution is 8.00. The lowest BCUT2D eigenvalue weighted by Gasteiger charge is -2.04. The van der Waals surface area contributed by atoms with Gasteiger partial charge in [0.25, 0.3) is 0 Å². The Hall–Kier alpha value is -1.55. The molecule has 1 unspecified atom stereocenters. The van der Waals surface area contributed by atoms with E-state index in [2.05, 4.69) is 21.0 Å². The second kappa shape index (κ2) is 4.62. The molecular weight excluding hydrogens is 200 g/mol. The molecule has 0 amide bonds. The maximum absolute atomic E-state index is 8.72. The van der Waals surface area contributed by atoms with E-state index in [0.717, 1.165) is 0 Å². The molecule has 0 aliphatic rings. The molecule has 0 aliphatic carbocycles. The van der Waals surface area contributed by atoms with Gasteiger partial charge in [-0.05, 0) is 6.42 Å². The molecule has 0 saturated heterocycles. The van der Waals surface area contributed by atoms with Crippen LogP contribution in [0.3, 0.4) is 0 Å². The topological polar surface area (TPSA) is 114 Å². The molecular formula is C7H10N6S. The maximum atomic E-state index is 8.72. The molecule has 0 spiro atoms. The number of nitrogen functional groups attached to an aromatic ring is 2. The second-order valence-electron chi connectivity index (χ2n) is 2.48. The number of nitrogens with two attached hydrogens (primary N) is 2. The van der Waals surface area contributed by atoms with E-state index in [-0.39, 0.29) is 17.1 Å². The SMILES string of the molecule is CCC(C#N)Sc1nc(N)nc(N)n1. The van der Waals surface area contributed by atoms with Crippen LogP contribution in [0.15, 0.2) is 5.16 Å². The van der Waals surface area contributed by atoms with Gasteiger partial charge in [-0.15, -0.1) is 0 Å². The number of aromatic nitrogens is 3. The Labute approximate surface area is 85.7 Å². The molecule has 1 aromatic heterocycles. The highest BCUT2D eigenvalue weighted by atomic mass is 32.2. The Morgan fingerprint density at radius 1 is 1.36 bits per heavy atom. The zero-order valence-corrected chi connectivity index (χ0v) is 8.45. The van der Waals surface area contributed by atoms with E-state index in [1.165, 1.54) is 11.8 Å². The van der Waals surface area contributed by atoms with Crippen LogP contribution in [0.1, 0.15) is 13.3 Å². The third-order valence-corrected chi connectivity index (χ3v) is 2.53. The number of anilines is 2. The van der Waals surface area contributed by atoms with Gasteiger partial charge in [-0.1, -0.05) is 18.7 Å². The molecule has 1 rings (SSSR count). The van der Waals surface area contributed by atoms with Crippen LogP contribution >= 0.6 is 11.8 Å². The van der Waals surface area contributed by atoms with Crippen LogP contribution in [0.4, 0.5) is 11.9 Å². The van der Waals surface area contributed by atoms with Gasteiger partial charge in [-0.2, -0.15) is 20.2 Å². The van der Waals surface area contributed by atoms with Crippen LogP contribution in [0.25, 0.3) is 0 Å². The van der Waals surface area contributed by atoms with Crippen LogP contribution in [0, 0.1) is 11.3 Å². The summed E-state index contributed by atoms with van der Waals surface area (Å²) in [6, 6.07) is 2.12. The van der Waals surface area contributed by atoms with Gasteiger partial charge < -0.3 is 11.5 Å². The third-order valence-electron chi connectivity index (χ3n) is 1.41. The minimum Gasteiger partial charge on any atom is -0.368 e. The van der Waals surface area contributed by atoms with Gasteiger partial charge in [0.15, 0.2) is 5.16 Å². The summed E-state index contributed by atoms with van der Waals surface area (Å²) in [5.41, 5.74) is 10.8. The van der Waals surface area contributed by atoms with Gasteiger partial charge in [0.1, 0.15) is 0 Å². The molecule has 0 saturated carbocycles. The lowest BCUT2D eigenvalue weighted by Crippen LogP contribution is -2.06. The summed E-state index contributed by atoms with van der Waals surface area (Å²) in [5, 5.41) is 8.93. The molecule has 1 aromatic rings. The molecule has 74 valence electrons. The number of hydrogen-bond acceptors (Lipinski definition) is 7. The molecule has 0 aliphatic heterocycles. The van der Waals surface area contributed by atoms with Crippen molar-refractivity contribution >= 4 is 23.7 Å². The van der Waals surface area contributed by atoms with E-state index in [9.17, 15) is 0 Å². The van der Waals surface area contributed by atoms with Crippen LogP contribution < -0.4 is 11.5 Å². The molecule has 1 heterocycles. The van der Waals surface area contributed by atoms with E-state index in [4.69, 9.17) is 16.7 Å². The zero-order valence-electron chi connectivity index (χ0n) is 7.64. The smallest absolute Gasteiger partial charge is 0.225 e. The van der Waals surface area contributed by atoms with Crippen molar-refractivity contribution in [1.82, 2.24) is 15.0 Å². The van der Waals surface area contributed by atoms with Crippen LogP contribution in [0.5, 0.6) is 0 Å². The molecule has 0 bridgehead atoms. The van der Waals surface area contributed by atoms with Gasteiger partial charge in [0.05, 0.1) is 11.3 Å². The van der Waals surface area contributed by atoms with Crippen molar-refractivity contribution in [3.8, 4) is 6.07 Å². The van der Waals surface area contributed by atoms with Crippen molar-refractivity contribution in [1.29, 1.82) is 5.26 Å². The van der Waals surface area contributed by atoms with Crippen LogP contribution in [-0.2, 0) is 0 Å². The molecule has 7 heteroatoms. The minimum atomic E-state index is -0.184. The number of hydrogen-bond donors (Lipinski definition) is 2. The number of thioether (sulfide) groups is 1. The summed E-state index contributed by atoms with van der Waals surface area (Å²) >= 11 is 1.23. The molecule has 0 aromatic carbocycles. The normalized spacial score (nSPS) is 12.0. The molecule has 0 fully saturated rings. The van der Waals surface area contributed by atoms with Crippen molar-refractivity contribution in [3.63, 3.8) is 0 Å². The lowest BCUT2D eigenvalue weighted by atomic mass is 10.4. The molecule has 1 atom stereocenters. The Morgan fingerprint density at radius 2 is 1.93 bits per heavy atom. The highest BCUT2D eigenvalue weighted by Gasteiger charge is 2.10. The van der Waals surface area contributed by atoms with Crippen molar-refractivity contribution in [2.45, 2.75) is 23.8 Å². The number of rotatable bonds is 3. The van der Waals surface area contributed by atoms with E-state index >= 15 is 0 Å². The fourth-order valence-electron chi connectivity index (χ4n) is 0.769. The Morgan fingerprint density at radius 3 is 2.36 bits per heavy atom. The van der Waals surface area contributed by atoms with E-state index in [0.29, 0.717) is 11.6 Å². The van der Waals surface area contributed by atoms with Gasteiger partial charge >= 0.3 is 0 Å². The summed E-state index contributed by atoms with van der Waals surface area (Å²) in [6.07, 6.45) is 0.715. The average Bonchev–Trinajstić information content (AvgIpc) is 2.12. The first kappa shape index (κ1) is 10.5. The maximum Gasteiger partial charge on any atom is 0.225 e. The predicted molar refractivity (Wildman–Crippen MR) is 54.2 cm³/mol. The largest absolute Gasteiger partial charge is 0.368 e. The second-order valence-corrected chi connectivity index (χ2v) is 3.65. The van der Waals surface area contributed by atoms with Crippen LogP contribution in [0.2, 0.25) is 0 Å². The fraction of sp³-hybridized carbons (Fsp3) is 0.429. The minimum absolute atomic E-state index is 0.0767.